The largest absolute Gasteiger partial charge is 0.416 e. The molecule has 0 aliphatic carbocycles. The van der Waals surface area contributed by atoms with Gasteiger partial charge < -0.3 is 14.7 Å². The maximum Gasteiger partial charge on any atom is 0.416 e. The van der Waals surface area contributed by atoms with E-state index in [4.69, 9.17) is 4.74 Å². The van der Waals surface area contributed by atoms with Crippen LogP contribution in [0.3, 0.4) is 0 Å². The van der Waals surface area contributed by atoms with Crippen molar-refractivity contribution in [3.8, 4) is 0 Å². The Morgan fingerprint density at radius 2 is 1.66 bits per heavy atom. The van der Waals surface area contributed by atoms with E-state index in [1.807, 2.05) is 0 Å². The van der Waals surface area contributed by atoms with Crippen LogP contribution >= 0.6 is 0 Å². The van der Waals surface area contributed by atoms with Crippen LogP contribution in [0.25, 0.3) is 0 Å². The summed E-state index contributed by atoms with van der Waals surface area (Å²) in [5.41, 5.74) is -2.42. The van der Waals surface area contributed by atoms with Crippen molar-refractivity contribution in [1.82, 2.24) is 9.97 Å². The SMILES string of the molecule is Cc1cc(N2CCOC(c3cc(C(F)(F)F)cc(C(F)(F)F)c3)C2)nc(CO)n1. The number of anilines is 1. The van der Waals surface area contributed by atoms with Crippen LogP contribution in [0.15, 0.2) is 24.3 Å². The minimum Gasteiger partial charge on any atom is -0.388 e. The van der Waals surface area contributed by atoms with E-state index in [1.54, 1.807) is 17.9 Å². The van der Waals surface area contributed by atoms with Gasteiger partial charge in [0.2, 0.25) is 0 Å². The molecule has 1 aromatic carbocycles. The number of aliphatic hydroxyl groups excluding tert-OH is 1. The van der Waals surface area contributed by atoms with Gasteiger partial charge in [0.25, 0.3) is 0 Å². The summed E-state index contributed by atoms with van der Waals surface area (Å²) in [6.07, 6.45) is -10.9. The highest BCUT2D eigenvalue weighted by atomic mass is 19.4. The number of ether oxygens (including phenoxy) is 1. The maximum absolute atomic E-state index is 13.1. The monoisotopic (exact) mass is 421 g/mol. The Morgan fingerprint density at radius 3 is 2.21 bits per heavy atom. The first kappa shape index (κ1) is 21.3. The molecule has 1 saturated heterocycles. The number of aryl methyl sites for hydroxylation is 1. The predicted octanol–water partition coefficient (Wildman–Crippen LogP) is 3.89. The summed E-state index contributed by atoms with van der Waals surface area (Å²) >= 11 is 0. The lowest BCUT2D eigenvalue weighted by Gasteiger charge is -2.34. The minimum absolute atomic E-state index is 0.0000699. The third-order valence-corrected chi connectivity index (χ3v) is 4.40. The molecule has 5 nitrogen and oxygen atoms in total. The molecule has 1 N–H and O–H groups in total. The molecule has 0 amide bonds. The molecular weight excluding hydrogens is 404 g/mol. The molecular formula is C18H17F6N3O2. The molecule has 158 valence electrons. The van der Waals surface area contributed by atoms with Crippen LogP contribution in [0, 0.1) is 6.92 Å². The summed E-state index contributed by atoms with van der Waals surface area (Å²) < 4.78 is 84.1. The van der Waals surface area contributed by atoms with Gasteiger partial charge in [0, 0.05) is 24.8 Å². The molecule has 0 spiro atoms. The van der Waals surface area contributed by atoms with Crippen LogP contribution in [0.2, 0.25) is 0 Å². The lowest BCUT2D eigenvalue weighted by molar-refractivity contribution is -0.143. The molecule has 11 heteroatoms. The predicted molar refractivity (Wildman–Crippen MR) is 90.0 cm³/mol. The summed E-state index contributed by atoms with van der Waals surface area (Å²) in [6, 6.07) is 3.06. The highest BCUT2D eigenvalue weighted by Crippen LogP contribution is 2.38. The number of nitrogens with zero attached hydrogens (tertiary/aromatic N) is 3. The molecule has 1 atom stereocenters. The second kappa shape index (κ2) is 7.79. The fourth-order valence-corrected chi connectivity index (χ4v) is 3.07. The Morgan fingerprint density at radius 1 is 1.03 bits per heavy atom. The van der Waals surface area contributed by atoms with Crippen molar-refractivity contribution in [2.45, 2.75) is 32.0 Å². The lowest BCUT2D eigenvalue weighted by atomic mass is 10.00. The normalized spacial score (nSPS) is 18.2. The van der Waals surface area contributed by atoms with Crippen molar-refractivity contribution in [1.29, 1.82) is 0 Å². The van der Waals surface area contributed by atoms with E-state index < -0.39 is 36.2 Å². The number of morpholine rings is 1. The Bertz CT molecular complexity index is 853. The van der Waals surface area contributed by atoms with E-state index >= 15 is 0 Å². The average Bonchev–Trinajstić information content (AvgIpc) is 2.66. The van der Waals surface area contributed by atoms with Gasteiger partial charge in [-0.05, 0) is 30.7 Å². The maximum atomic E-state index is 13.1. The van der Waals surface area contributed by atoms with Gasteiger partial charge in [-0.2, -0.15) is 26.3 Å². The van der Waals surface area contributed by atoms with Crippen LogP contribution < -0.4 is 4.90 Å². The Kier molecular flexibility index (Phi) is 5.72. The van der Waals surface area contributed by atoms with E-state index in [1.165, 1.54) is 0 Å². The van der Waals surface area contributed by atoms with Gasteiger partial charge in [-0.25, -0.2) is 9.97 Å². The van der Waals surface area contributed by atoms with Gasteiger partial charge >= 0.3 is 12.4 Å². The molecule has 3 rings (SSSR count). The smallest absolute Gasteiger partial charge is 0.388 e. The van der Waals surface area contributed by atoms with Gasteiger partial charge in [-0.1, -0.05) is 0 Å². The number of aromatic nitrogens is 2. The Balaban J connectivity index is 1.95. The number of hydrogen-bond acceptors (Lipinski definition) is 5. The molecule has 0 radical (unpaired) electrons. The number of alkyl halides is 6. The topological polar surface area (TPSA) is 58.5 Å². The lowest BCUT2D eigenvalue weighted by Crippen LogP contribution is -2.39. The van der Waals surface area contributed by atoms with Crippen molar-refractivity contribution in [2.24, 2.45) is 0 Å². The summed E-state index contributed by atoms with van der Waals surface area (Å²) in [7, 11) is 0. The van der Waals surface area contributed by atoms with E-state index in [0.717, 1.165) is 0 Å². The van der Waals surface area contributed by atoms with Crippen LogP contribution in [0.5, 0.6) is 0 Å². The second-order valence-electron chi connectivity index (χ2n) is 6.59. The average molecular weight is 421 g/mol. The summed E-state index contributed by atoms with van der Waals surface area (Å²) in [5, 5.41) is 9.25. The number of rotatable bonds is 3. The molecule has 1 aliphatic rings. The van der Waals surface area contributed by atoms with Crippen LogP contribution in [0.1, 0.15) is 34.3 Å². The molecule has 2 heterocycles. The molecule has 2 aromatic rings. The van der Waals surface area contributed by atoms with E-state index in [-0.39, 0.29) is 30.6 Å². The summed E-state index contributed by atoms with van der Waals surface area (Å²) in [5.74, 6) is 0.583. The highest BCUT2D eigenvalue weighted by Gasteiger charge is 2.38. The van der Waals surface area contributed by atoms with Gasteiger partial charge in [0.05, 0.1) is 17.7 Å². The number of benzene rings is 1. The molecule has 29 heavy (non-hydrogen) atoms. The van der Waals surface area contributed by atoms with Gasteiger partial charge in [0.1, 0.15) is 18.5 Å². The molecule has 0 saturated carbocycles. The zero-order chi connectivity index (χ0) is 21.4. The molecule has 1 fully saturated rings. The standard InChI is InChI=1S/C18H17F6N3O2/c1-10-4-16(26-15(9-28)25-10)27-2-3-29-14(8-27)11-5-12(17(19,20)21)7-13(6-11)18(22,23)24/h4-7,14,28H,2-3,8-9H2,1H3. The molecule has 1 aromatic heterocycles. The molecule has 0 bridgehead atoms. The third-order valence-electron chi connectivity index (χ3n) is 4.40. The van der Waals surface area contributed by atoms with Crippen LogP contribution in [-0.4, -0.2) is 34.8 Å². The molecule has 1 unspecified atom stereocenters. The van der Waals surface area contributed by atoms with Crippen molar-refractivity contribution >= 4 is 5.82 Å². The van der Waals surface area contributed by atoms with Gasteiger partial charge in [-0.3, -0.25) is 0 Å². The first-order valence-corrected chi connectivity index (χ1v) is 8.58. The quantitative estimate of drug-likeness (QED) is 0.763. The number of aliphatic hydroxyl groups is 1. The highest BCUT2D eigenvalue weighted by molar-refractivity contribution is 5.42. The number of halogens is 6. The van der Waals surface area contributed by atoms with Crippen molar-refractivity contribution in [2.75, 3.05) is 24.6 Å². The van der Waals surface area contributed by atoms with E-state index in [9.17, 15) is 31.4 Å². The van der Waals surface area contributed by atoms with Crippen molar-refractivity contribution < 1.29 is 36.2 Å². The Hall–Kier alpha value is -2.40. The minimum atomic E-state index is -4.93. The zero-order valence-corrected chi connectivity index (χ0v) is 15.2. The van der Waals surface area contributed by atoms with Gasteiger partial charge in [-0.15, -0.1) is 0 Å². The first-order valence-electron chi connectivity index (χ1n) is 8.58. The molecule has 1 aliphatic heterocycles. The van der Waals surface area contributed by atoms with Gasteiger partial charge in [0.15, 0.2) is 5.82 Å². The fourth-order valence-electron chi connectivity index (χ4n) is 3.07. The fraction of sp³-hybridized carbons (Fsp3) is 0.444. The first-order chi connectivity index (χ1) is 13.5. The van der Waals surface area contributed by atoms with Crippen molar-refractivity contribution in [3.05, 3.63) is 52.5 Å². The second-order valence-corrected chi connectivity index (χ2v) is 6.59. The van der Waals surface area contributed by atoms with Crippen LogP contribution in [0.4, 0.5) is 32.2 Å². The van der Waals surface area contributed by atoms with E-state index in [2.05, 4.69) is 9.97 Å². The van der Waals surface area contributed by atoms with Crippen LogP contribution in [-0.2, 0) is 23.7 Å². The van der Waals surface area contributed by atoms with E-state index in [0.29, 0.717) is 30.2 Å². The number of hydrogen-bond donors (Lipinski definition) is 1. The third kappa shape index (κ3) is 4.96. The summed E-state index contributed by atoms with van der Waals surface area (Å²) in [6.45, 7) is 1.71. The zero-order valence-electron chi connectivity index (χ0n) is 15.2. The summed E-state index contributed by atoms with van der Waals surface area (Å²) in [4.78, 5) is 9.88. The van der Waals surface area contributed by atoms with Crippen molar-refractivity contribution in [3.63, 3.8) is 0 Å². The Labute approximate surface area is 162 Å².